The van der Waals surface area contributed by atoms with Gasteiger partial charge in [0, 0.05) is 19.5 Å². The summed E-state index contributed by atoms with van der Waals surface area (Å²) in [4.78, 5) is 38.3. The fourth-order valence-electron chi connectivity index (χ4n) is 4.65. The Morgan fingerprint density at radius 3 is 2.68 bits per heavy atom. The second kappa shape index (κ2) is 8.07. The van der Waals surface area contributed by atoms with Gasteiger partial charge in [-0.25, -0.2) is 4.39 Å². The number of amides is 3. The average Bonchev–Trinajstić information content (AvgIpc) is 3.35. The van der Waals surface area contributed by atoms with Crippen LogP contribution in [0.3, 0.4) is 0 Å². The number of rotatable bonds is 6. The van der Waals surface area contributed by atoms with Crippen LogP contribution in [0.15, 0.2) is 29.2 Å². The molecule has 1 saturated heterocycles. The average molecular weight is 402 g/mol. The minimum absolute atomic E-state index is 0.00590. The van der Waals surface area contributed by atoms with Crippen LogP contribution >= 0.6 is 11.8 Å². The highest BCUT2D eigenvalue weighted by atomic mass is 32.2. The molecule has 0 aromatic heterocycles. The van der Waals surface area contributed by atoms with Crippen molar-refractivity contribution in [2.24, 2.45) is 17.8 Å². The van der Waals surface area contributed by atoms with Gasteiger partial charge >= 0.3 is 0 Å². The number of hydrogen-bond acceptors (Lipinski definition) is 4. The first-order valence-corrected chi connectivity index (χ1v) is 10.6. The summed E-state index contributed by atoms with van der Waals surface area (Å²) >= 11 is 0.866. The highest BCUT2D eigenvalue weighted by molar-refractivity contribution is 8.18. The fraction of sp³-hybridized carbons (Fsp3) is 0.476. The number of carbonyl (C=O) groups excluding carboxylic acids is 3. The molecule has 2 bridgehead atoms. The van der Waals surface area contributed by atoms with Crippen molar-refractivity contribution < 1.29 is 18.8 Å². The van der Waals surface area contributed by atoms with E-state index in [1.807, 2.05) is 0 Å². The minimum atomic E-state index is -0.373. The summed E-state index contributed by atoms with van der Waals surface area (Å²) < 4.78 is 13.0. The SMILES string of the molecule is O=C(C[C@@H]1C[C@H]2CC[C@@H]1C2)NCCN1C(=O)S/C(=C\c2ccc(F)cc2)C1=O. The van der Waals surface area contributed by atoms with Crippen LogP contribution in [0, 0.1) is 23.6 Å². The first kappa shape index (κ1) is 19.2. The second-order valence-corrected chi connectivity index (χ2v) is 8.87. The van der Waals surface area contributed by atoms with Crippen LogP contribution in [0.1, 0.15) is 37.7 Å². The number of thioether (sulfide) groups is 1. The van der Waals surface area contributed by atoms with Crippen LogP contribution in [0.25, 0.3) is 6.08 Å². The van der Waals surface area contributed by atoms with Gasteiger partial charge in [-0.15, -0.1) is 0 Å². The number of halogens is 1. The predicted octanol–water partition coefficient (Wildman–Crippen LogP) is 3.80. The van der Waals surface area contributed by atoms with Gasteiger partial charge in [0.25, 0.3) is 11.1 Å². The molecule has 1 aliphatic heterocycles. The number of fused-ring (bicyclic) bond motifs is 2. The van der Waals surface area contributed by atoms with Crippen LogP contribution in [0.2, 0.25) is 0 Å². The molecule has 7 heteroatoms. The van der Waals surface area contributed by atoms with Crippen LogP contribution in [0.5, 0.6) is 0 Å². The Kier molecular flexibility index (Phi) is 5.53. The van der Waals surface area contributed by atoms with Gasteiger partial charge in [0.15, 0.2) is 0 Å². The summed E-state index contributed by atoms with van der Waals surface area (Å²) in [6.07, 6.45) is 7.13. The lowest BCUT2D eigenvalue weighted by molar-refractivity contribution is -0.124. The molecule has 5 nitrogen and oxygen atoms in total. The topological polar surface area (TPSA) is 66.5 Å². The summed E-state index contributed by atoms with van der Waals surface area (Å²) in [6.45, 7) is 0.426. The van der Waals surface area contributed by atoms with Crippen molar-refractivity contribution in [3.8, 4) is 0 Å². The summed E-state index contributed by atoms with van der Waals surface area (Å²) in [5.74, 6) is 1.29. The van der Waals surface area contributed by atoms with Gasteiger partial charge in [0.1, 0.15) is 5.82 Å². The number of benzene rings is 1. The molecule has 1 aromatic carbocycles. The monoisotopic (exact) mass is 402 g/mol. The molecule has 148 valence electrons. The summed E-state index contributed by atoms with van der Waals surface area (Å²) in [5, 5.41) is 2.51. The molecule has 0 radical (unpaired) electrons. The predicted molar refractivity (Wildman–Crippen MR) is 106 cm³/mol. The highest BCUT2D eigenvalue weighted by Gasteiger charge is 2.40. The van der Waals surface area contributed by atoms with Gasteiger partial charge in [-0.05, 0) is 72.6 Å². The first-order valence-electron chi connectivity index (χ1n) is 9.77. The Hall–Kier alpha value is -2.15. The van der Waals surface area contributed by atoms with Gasteiger partial charge in [-0.2, -0.15) is 0 Å². The van der Waals surface area contributed by atoms with Crippen molar-refractivity contribution in [2.75, 3.05) is 13.1 Å². The number of hydrogen-bond donors (Lipinski definition) is 1. The lowest BCUT2D eigenvalue weighted by Gasteiger charge is -2.21. The van der Waals surface area contributed by atoms with Gasteiger partial charge in [-0.1, -0.05) is 18.6 Å². The highest BCUT2D eigenvalue weighted by Crippen LogP contribution is 2.49. The third kappa shape index (κ3) is 4.14. The molecule has 0 unspecified atom stereocenters. The third-order valence-electron chi connectivity index (χ3n) is 6.03. The Morgan fingerprint density at radius 2 is 2.00 bits per heavy atom. The third-order valence-corrected chi connectivity index (χ3v) is 6.94. The van der Waals surface area contributed by atoms with Crippen molar-refractivity contribution in [3.63, 3.8) is 0 Å². The Balaban J connectivity index is 1.26. The lowest BCUT2D eigenvalue weighted by atomic mass is 9.86. The molecule has 4 rings (SSSR count). The lowest BCUT2D eigenvalue weighted by Crippen LogP contribution is -2.38. The number of imide groups is 1. The van der Waals surface area contributed by atoms with Gasteiger partial charge in [-0.3, -0.25) is 19.3 Å². The van der Waals surface area contributed by atoms with E-state index in [4.69, 9.17) is 0 Å². The van der Waals surface area contributed by atoms with E-state index in [2.05, 4.69) is 5.32 Å². The number of nitrogens with one attached hydrogen (secondary N) is 1. The molecule has 28 heavy (non-hydrogen) atoms. The van der Waals surface area contributed by atoms with E-state index in [-0.39, 0.29) is 36.0 Å². The van der Waals surface area contributed by atoms with E-state index < -0.39 is 0 Å². The van der Waals surface area contributed by atoms with Crippen LogP contribution in [0.4, 0.5) is 9.18 Å². The molecule has 0 spiro atoms. The van der Waals surface area contributed by atoms with Crippen LogP contribution in [-0.4, -0.2) is 35.0 Å². The molecular weight excluding hydrogens is 379 g/mol. The van der Waals surface area contributed by atoms with E-state index in [1.54, 1.807) is 18.2 Å². The Labute approximate surface area is 167 Å². The zero-order valence-corrected chi connectivity index (χ0v) is 16.3. The molecule has 2 saturated carbocycles. The molecule has 2 aliphatic carbocycles. The number of nitrogens with zero attached hydrogens (tertiary/aromatic N) is 1. The van der Waals surface area contributed by atoms with E-state index >= 15 is 0 Å². The number of carbonyl (C=O) groups is 3. The molecule has 3 atom stereocenters. The minimum Gasteiger partial charge on any atom is -0.354 e. The van der Waals surface area contributed by atoms with E-state index in [1.165, 1.54) is 31.4 Å². The maximum atomic E-state index is 13.0. The van der Waals surface area contributed by atoms with Crippen molar-refractivity contribution in [3.05, 3.63) is 40.6 Å². The normalized spacial score (nSPS) is 27.8. The smallest absolute Gasteiger partial charge is 0.293 e. The van der Waals surface area contributed by atoms with Gasteiger partial charge in [0.2, 0.25) is 5.91 Å². The van der Waals surface area contributed by atoms with Gasteiger partial charge in [0.05, 0.1) is 4.91 Å². The van der Waals surface area contributed by atoms with E-state index in [0.29, 0.717) is 28.7 Å². The summed E-state index contributed by atoms with van der Waals surface area (Å²) in [6, 6.07) is 5.72. The summed E-state index contributed by atoms with van der Waals surface area (Å²) in [5.41, 5.74) is 0.658. The molecule has 3 aliphatic rings. The van der Waals surface area contributed by atoms with Gasteiger partial charge < -0.3 is 5.32 Å². The maximum Gasteiger partial charge on any atom is 0.293 e. The van der Waals surface area contributed by atoms with E-state index in [0.717, 1.165) is 29.0 Å². The zero-order chi connectivity index (χ0) is 19.7. The zero-order valence-electron chi connectivity index (χ0n) is 15.5. The summed E-state index contributed by atoms with van der Waals surface area (Å²) in [7, 11) is 0. The molecular formula is C21H23FN2O3S. The molecule has 1 aromatic rings. The first-order chi connectivity index (χ1) is 13.5. The Bertz CT molecular complexity index is 823. The fourth-order valence-corrected chi connectivity index (χ4v) is 5.51. The molecule has 3 amide bonds. The van der Waals surface area contributed by atoms with Crippen LogP contribution < -0.4 is 5.32 Å². The van der Waals surface area contributed by atoms with Crippen molar-refractivity contribution in [2.45, 2.75) is 32.1 Å². The molecule has 3 fully saturated rings. The largest absolute Gasteiger partial charge is 0.354 e. The van der Waals surface area contributed by atoms with E-state index in [9.17, 15) is 18.8 Å². The van der Waals surface area contributed by atoms with Crippen molar-refractivity contribution in [1.29, 1.82) is 0 Å². The standard InChI is InChI=1S/C21H23FN2O3S/c22-17-5-2-13(3-6-17)11-18-20(26)24(21(27)28-18)8-7-23-19(25)12-16-10-14-1-4-15(16)9-14/h2-3,5-6,11,14-16H,1,4,7-10,12H2,(H,23,25)/b18-11-/t14-,15+,16-/m0/s1. The maximum absolute atomic E-state index is 13.0. The van der Waals surface area contributed by atoms with Crippen molar-refractivity contribution >= 4 is 34.9 Å². The molecule has 1 heterocycles. The van der Waals surface area contributed by atoms with Crippen LogP contribution in [-0.2, 0) is 9.59 Å². The van der Waals surface area contributed by atoms with Crippen molar-refractivity contribution in [1.82, 2.24) is 10.2 Å². The Morgan fingerprint density at radius 1 is 1.21 bits per heavy atom. The second-order valence-electron chi connectivity index (χ2n) is 7.87. The molecule has 1 N–H and O–H groups in total. The quantitative estimate of drug-likeness (QED) is 0.735.